The van der Waals surface area contributed by atoms with Crippen molar-refractivity contribution in [3.8, 4) is 17.1 Å². The van der Waals surface area contributed by atoms with Crippen molar-refractivity contribution < 1.29 is 14.3 Å². The maximum Gasteiger partial charge on any atom is 0.222 e. The van der Waals surface area contributed by atoms with Crippen molar-refractivity contribution in [1.82, 2.24) is 24.4 Å². The summed E-state index contributed by atoms with van der Waals surface area (Å²) < 4.78 is 15.4. The van der Waals surface area contributed by atoms with Crippen molar-refractivity contribution in [2.45, 2.75) is 25.8 Å². The number of carbonyl (C=O) groups excluding carboxylic acids is 1. The number of anilines is 1. The first-order valence-corrected chi connectivity index (χ1v) is 9.18. The number of aryl methyl sites for hydroxylation is 1. The zero-order chi connectivity index (χ0) is 19.8. The molecule has 0 saturated carbocycles. The van der Waals surface area contributed by atoms with Gasteiger partial charge in [-0.1, -0.05) is 6.92 Å². The fraction of sp³-hybridized carbons (Fsp3) is 0.368. The Labute approximate surface area is 161 Å². The lowest BCUT2D eigenvalue weighted by atomic mass is 10.2. The predicted molar refractivity (Wildman–Crippen MR) is 102 cm³/mol. The van der Waals surface area contributed by atoms with E-state index in [2.05, 4.69) is 20.3 Å². The first kappa shape index (κ1) is 18.1. The molecule has 1 aromatic carbocycles. The second-order valence-corrected chi connectivity index (χ2v) is 6.91. The quantitative estimate of drug-likeness (QED) is 0.717. The van der Waals surface area contributed by atoms with Gasteiger partial charge < -0.3 is 19.9 Å². The lowest BCUT2D eigenvalue weighted by Gasteiger charge is -2.16. The molecule has 1 aliphatic heterocycles. The number of imidazole rings is 1. The van der Waals surface area contributed by atoms with Gasteiger partial charge >= 0.3 is 0 Å². The Hall–Kier alpha value is -3.23. The summed E-state index contributed by atoms with van der Waals surface area (Å²) in [4.78, 5) is 26.9. The van der Waals surface area contributed by atoms with Crippen LogP contribution in [-0.4, -0.2) is 54.6 Å². The molecular weight excluding hydrogens is 363 g/mol. The average molecular weight is 384 g/mol. The Morgan fingerprint density at radius 1 is 1.36 bits per heavy atom. The molecule has 1 atom stereocenters. The molecule has 0 bridgehead atoms. The van der Waals surface area contributed by atoms with Crippen LogP contribution in [-0.2, 0) is 11.8 Å². The molecule has 2 N–H and O–H groups in total. The van der Waals surface area contributed by atoms with Crippen LogP contribution in [0, 0.1) is 5.82 Å². The molecule has 1 amide bonds. The van der Waals surface area contributed by atoms with Crippen LogP contribution >= 0.6 is 0 Å². The Balaban J connectivity index is 1.67. The van der Waals surface area contributed by atoms with Gasteiger partial charge in [-0.2, -0.15) is 0 Å². The highest BCUT2D eigenvalue weighted by molar-refractivity contribution is 5.86. The average Bonchev–Trinajstić information content (AvgIpc) is 3.26. The Kier molecular flexibility index (Phi) is 4.58. The van der Waals surface area contributed by atoms with E-state index in [0.29, 0.717) is 47.9 Å². The van der Waals surface area contributed by atoms with E-state index < -0.39 is 5.82 Å². The van der Waals surface area contributed by atoms with Gasteiger partial charge in [-0.3, -0.25) is 4.79 Å². The summed E-state index contributed by atoms with van der Waals surface area (Å²) in [6.07, 6.45) is 2.77. The summed E-state index contributed by atoms with van der Waals surface area (Å²) in [6, 6.07) is 3.89. The molecule has 2 aromatic heterocycles. The van der Waals surface area contributed by atoms with Crippen molar-refractivity contribution >= 4 is 22.9 Å². The van der Waals surface area contributed by atoms with Crippen LogP contribution < -0.4 is 5.32 Å². The summed E-state index contributed by atoms with van der Waals surface area (Å²) in [6.45, 7) is 3.20. The van der Waals surface area contributed by atoms with Gasteiger partial charge in [0.1, 0.15) is 23.7 Å². The maximum absolute atomic E-state index is 13.7. The normalized spacial score (nSPS) is 16.7. The number of phenolic OH excluding ortho intramolecular Hbond substituents is 1. The maximum atomic E-state index is 13.7. The van der Waals surface area contributed by atoms with Crippen molar-refractivity contribution in [3.63, 3.8) is 0 Å². The van der Waals surface area contributed by atoms with Crippen molar-refractivity contribution in [2.24, 2.45) is 7.05 Å². The number of benzene rings is 1. The number of likely N-dealkylation sites (tertiary alicyclic amines) is 1. The van der Waals surface area contributed by atoms with Gasteiger partial charge in [0.25, 0.3) is 0 Å². The van der Waals surface area contributed by atoms with E-state index in [4.69, 9.17) is 0 Å². The van der Waals surface area contributed by atoms with E-state index in [1.54, 1.807) is 11.6 Å². The predicted octanol–water partition coefficient (Wildman–Crippen LogP) is 2.30. The number of fused-ring (bicyclic) bond motifs is 1. The number of rotatable bonds is 4. The van der Waals surface area contributed by atoms with Gasteiger partial charge in [-0.25, -0.2) is 19.3 Å². The fourth-order valence-electron chi connectivity index (χ4n) is 3.59. The van der Waals surface area contributed by atoms with Gasteiger partial charge in [0.05, 0.1) is 0 Å². The number of halogens is 1. The summed E-state index contributed by atoms with van der Waals surface area (Å²) in [7, 11) is 1.78. The molecule has 3 aromatic rings. The van der Waals surface area contributed by atoms with Gasteiger partial charge in [0.15, 0.2) is 17.0 Å². The van der Waals surface area contributed by atoms with Gasteiger partial charge in [0.2, 0.25) is 5.91 Å². The third-order valence-electron chi connectivity index (χ3n) is 4.98. The van der Waals surface area contributed by atoms with Crippen LogP contribution in [0.2, 0.25) is 0 Å². The molecule has 1 saturated heterocycles. The van der Waals surface area contributed by atoms with Crippen LogP contribution in [0.4, 0.5) is 10.2 Å². The zero-order valence-corrected chi connectivity index (χ0v) is 15.7. The molecule has 8 nitrogen and oxygen atoms in total. The summed E-state index contributed by atoms with van der Waals surface area (Å²) in [5.74, 6) is 0.477. The van der Waals surface area contributed by atoms with E-state index in [0.717, 1.165) is 12.5 Å². The third-order valence-corrected chi connectivity index (χ3v) is 4.98. The molecule has 0 aliphatic carbocycles. The molecule has 28 heavy (non-hydrogen) atoms. The smallest absolute Gasteiger partial charge is 0.222 e. The van der Waals surface area contributed by atoms with E-state index >= 15 is 0 Å². The Morgan fingerprint density at radius 3 is 2.93 bits per heavy atom. The number of carbonyl (C=O) groups is 1. The third kappa shape index (κ3) is 3.23. The van der Waals surface area contributed by atoms with Crippen molar-refractivity contribution in [1.29, 1.82) is 0 Å². The highest BCUT2D eigenvalue weighted by atomic mass is 19.1. The first-order valence-electron chi connectivity index (χ1n) is 9.18. The largest absolute Gasteiger partial charge is 0.508 e. The van der Waals surface area contributed by atoms with Crippen LogP contribution in [0.15, 0.2) is 24.5 Å². The van der Waals surface area contributed by atoms with Crippen molar-refractivity contribution in [2.75, 3.05) is 18.4 Å². The fourth-order valence-corrected chi connectivity index (χ4v) is 3.59. The standard InChI is InChI=1S/C19H21FN6O2/c1-3-15(28)26-5-4-13(9-26)23-17-16-19(22-10-21-17)25(2)18(24-16)11-6-12(20)8-14(27)7-11/h6-8,10,13,27H,3-5,9H2,1-2H3,(H,21,22,23)/t13-/m0/s1. The molecule has 146 valence electrons. The van der Waals surface area contributed by atoms with Crippen molar-refractivity contribution in [3.05, 3.63) is 30.3 Å². The second-order valence-electron chi connectivity index (χ2n) is 6.91. The van der Waals surface area contributed by atoms with Crippen LogP contribution in [0.5, 0.6) is 5.75 Å². The van der Waals surface area contributed by atoms with E-state index in [1.165, 1.54) is 18.5 Å². The van der Waals surface area contributed by atoms with E-state index in [1.807, 2.05) is 11.8 Å². The van der Waals surface area contributed by atoms with Gasteiger partial charge in [-0.15, -0.1) is 0 Å². The molecule has 1 aliphatic rings. The molecule has 0 radical (unpaired) electrons. The van der Waals surface area contributed by atoms with Crippen LogP contribution in [0.1, 0.15) is 19.8 Å². The minimum absolute atomic E-state index is 0.0808. The van der Waals surface area contributed by atoms with Gasteiger partial charge in [0, 0.05) is 44.2 Å². The Morgan fingerprint density at radius 2 is 2.18 bits per heavy atom. The number of nitrogens with one attached hydrogen (secondary N) is 1. The summed E-state index contributed by atoms with van der Waals surface area (Å²) in [5.41, 5.74) is 1.60. The molecule has 0 spiro atoms. The second kappa shape index (κ2) is 7.06. The number of hydrogen-bond acceptors (Lipinski definition) is 6. The molecule has 9 heteroatoms. The summed E-state index contributed by atoms with van der Waals surface area (Å²) >= 11 is 0. The lowest BCUT2D eigenvalue weighted by molar-refractivity contribution is -0.129. The van der Waals surface area contributed by atoms with E-state index in [9.17, 15) is 14.3 Å². The first-order chi connectivity index (χ1) is 13.5. The number of phenols is 1. The zero-order valence-electron chi connectivity index (χ0n) is 15.7. The highest BCUT2D eigenvalue weighted by Crippen LogP contribution is 2.29. The SMILES string of the molecule is CCC(=O)N1CC[C@H](Nc2ncnc3c2nc(-c2cc(O)cc(F)c2)n3C)C1. The molecule has 0 unspecified atom stereocenters. The number of hydrogen-bond donors (Lipinski definition) is 2. The van der Waals surface area contributed by atoms with Crippen LogP contribution in [0.25, 0.3) is 22.6 Å². The number of aromatic nitrogens is 4. The molecule has 3 heterocycles. The number of aromatic hydroxyl groups is 1. The Bertz CT molecular complexity index is 1030. The molecule has 4 rings (SSSR count). The highest BCUT2D eigenvalue weighted by Gasteiger charge is 2.26. The number of nitrogens with zero attached hydrogens (tertiary/aromatic N) is 5. The monoisotopic (exact) mass is 384 g/mol. The topological polar surface area (TPSA) is 96.2 Å². The van der Waals surface area contributed by atoms with E-state index in [-0.39, 0.29) is 17.7 Å². The van der Waals surface area contributed by atoms with Crippen LogP contribution in [0.3, 0.4) is 0 Å². The number of amides is 1. The minimum atomic E-state index is -0.543. The minimum Gasteiger partial charge on any atom is -0.508 e. The molecule has 1 fully saturated rings. The molecular formula is C19H21FN6O2. The summed E-state index contributed by atoms with van der Waals surface area (Å²) in [5, 5.41) is 13.1. The lowest BCUT2D eigenvalue weighted by Crippen LogP contribution is -2.31. The van der Waals surface area contributed by atoms with Gasteiger partial charge in [-0.05, 0) is 18.6 Å².